The summed E-state index contributed by atoms with van der Waals surface area (Å²) in [5.41, 5.74) is -0.385. The number of hydrogen-bond donors (Lipinski definition) is 0. The number of benzene rings is 1. The third kappa shape index (κ3) is 2.75. The molecule has 20 heavy (non-hydrogen) atoms. The zero-order valence-corrected chi connectivity index (χ0v) is 12.1. The summed E-state index contributed by atoms with van der Waals surface area (Å²) in [7, 11) is 0. The van der Waals surface area contributed by atoms with E-state index < -0.39 is 17.2 Å². The van der Waals surface area contributed by atoms with Crippen LogP contribution in [0.4, 0.5) is 8.78 Å². The van der Waals surface area contributed by atoms with E-state index in [2.05, 4.69) is 4.90 Å². The van der Waals surface area contributed by atoms with Crippen molar-refractivity contribution in [2.24, 2.45) is 0 Å². The Morgan fingerprint density at radius 1 is 1.20 bits per heavy atom. The van der Waals surface area contributed by atoms with Crippen LogP contribution >= 0.6 is 0 Å². The fourth-order valence-corrected chi connectivity index (χ4v) is 2.86. The van der Waals surface area contributed by atoms with Gasteiger partial charge in [0.15, 0.2) is 17.4 Å². The molecule has 1 atom stereocenters. The standard InChI is InChI=1S/C16H21F2NO/c1-3-16(2,19-9-5-4-6-10-19)15(20)12-7-8-13(17)14(18)11-12/h7-8,11H,3-6,9-10H2,1-2H3. The first-order valence-corrected chi connectivity index (χ1v) is 7.24. The summed E-state index contributed by atoms with van der Waals surface area (Å²) in [6, 6.07) is 3.41. The van der Waals surface area contributed by atoms with Gasteiger partial charge in [-0.15, -0.1) is 0 Å². The van der Waals surface area contributed by atoms with Gasteiger partial charge in [0, 0.05) is 5.56 Å². The van der Waals surface area contributed by atoms with Gasteiger partial charge < -0.3 is 0 Å². The molecule has 0 radical (unpaired) electrons. The van der Waals surface area contributed by atoms with Crippen LogP contribution in [0.15, 0.2) is 18.2 Å². The number of nitrogens with zero attached hydrogens (tertiary/aromatic N) is 1. The summed E-state index contributed by atoms with van der Waals surface area (Å²) in [4.78, 5) is 14.9. The SMILES string of the molecule is CCC(C)(C(=O)c1ccc(F)c(F)c1)N1CCCCC1. The smallest absolute Gasteiger partial charge is 0.182 e. The molecule has 0 N–H and O–H groups in total. The van der Waals surface area contributed by atoms with E-state index in [1.807, 2.05) is 13.8 Å². The van der Waals surface area contributed by atoms with Crippen LogP contribution in [0.1, 0.15) is 49.9 Å². The normalized spacial score (nSPS) is 19.6. The third-order valence-corrected chi connectivity index (χ3v) is 4.41. The van der Waals surface area contributed by atoms with Crippen molar-refractivity contribution >= 4 is 5.78 Å². The van der Waals surface area contributed by atoms with Crippen LogP contribution in [0.3, 0.4) is 0 Å². The zero-order valence-electron chi connectivity index (χ0n) is 12.1. The average molecular weight is 281 g/mol. The predicted octanol–water partition coefficient (Wildman–Crippen LogP) is 3.80. The first-order chi connectivity index (χ1) is 9.49. The molecule has 2 rings (SSSR count). The van der Waals surface area contributed by atoms with Gasteiger partial charge in [0.05, 0.1) is 5.54 Å². The summed E-state index contributed by atoms with van der Waals surface area (Å²) in [5, 5.41) is 0. The number of likely N-dealkylation sites (tertiary alicyclic amines) is 1. The number of ketones is 1. The topological polar surface area (TPSA) is 20.3 Å². The van der Waals surface area contributed by atoms with Crippen molar-refractivity contribution < 1.29 is 13.6 Å². The van der Waals surface area contributed by atoms with E-state index in [9.17, 15) is 13.6 Å². The van der Waals surface area contributed by atoms with Crippen LogP contribution in [0.5, 0.6) is 0 Å². The van der Waals surface area contributed by atoms with E-state index in [4.69, 9.17) is 0 Å². The quantitative estimate of drug-likeness (QED) is 0.782. The van der Waals surface area contributed by atoms with Crippen molar-refractivity contribution in [3.63, 3.8) is 0 Å². The van der Waals surface area contributed by atoms with Gasteiger partial charge in [0.1, 0.15) is 0 Å². The highest BCUT2D eigenvalue weighted by Gasteiger charge is 2.38. The first-order valence-electron chi connectivity index (χ1n) is 7.24. The Labute approximate surface area is 118 Å². The zero-order chi connectivity index (χ0) is 14.8. The van der Waals surface area contributed by atoms with Crippen LogP contribution in [-0.4, -0.2) is 29.3 Å². The van der Waals surface area contributed by atoms with Crippen molar-refractivity contribution in [3.05, 3.63) is 35.4 Å². The minimum Gasteiger partial charge on any atom is -0.292 e. The van der Waals surface area contributed by atoms with Crippen LogP contribution in [0.25, 0.3) is 0 Å². The molecule has 0 saturated carbocycles. The van der Waals surface area contributed by atoms with Gasteiger partial charge in [-0.05, 0) is 57.5 Å². The Bertz CT molecular complexity index is 497. The molecular weight excluding hydrogens is 260 g/mol. The second-order valence-electron chi connectivity index (χ2n) is 5.63. The molecule has 1 aliphatic heterocycles. The summed E-state index contributed by atoms with van der Waals surface area (Å²) < 4.78 is 26.3. The van der Waals surface area contributed by atoms with E-state index in [0.717, 1.165) is 38.1 Å². The van der Waals surface area contributed by atoms with E-state index >= 15 is 0 Å². The van der Waals surface area contributed by atoms with Gasteiger partial charge >= 0.3 is 0 Å². The molecule has 2 nitrogen and oxygen atoms in total. The Morgan fingerprint density at radius 3 is 2.40 bits per heavy atom. The summed E-state index contributed by atoms with van der Waals surface area (Å²) in [6.45, 7) is 5.65. The van der Waals surface area contributed by atoms with Gasteiger partial charge in [0.25, 0.3) is 0 Å². The lowest BCUT2D eigenvalue weighted by Gasteiger charge is -2.41. The summed E-state index contributed by atoms with van der Waals surface area (Å²) in [5.74, 6) is -2.01. The molecule has 1 saturated heterocycles. The van der Waals surface area contributed by atoms with Crippen molar-refractivity contribution in [3.8, 4) is 0 Å². The molecule has 0 bridgehead atoms. The molecule has 110 valence electrons. The highest BCUT2D eigenvalue weighted by molar-refractivity contribution is 6.03. The molecule has 4 heteroatoms. The third-order valence-electron chi connectivity index (χ3n) is 4.41. The van der Waals surface area contributed by atoms with Crippen LogP contribution in [0.2, 0.25) is 0 Å². The van der Waals surface area contributed by atoms with Crippen LogP contribution < -0.4 is 0 Å². The molecular formula is C16H21F2NO. The number of piperidine rings is 1. The van der Waals surface area contributed by atoms with E-state index in [1.54, 1.807) is 0 Å². The number of halogens is 2. The lowest BCUT2D eigenvalue weighted by atomic mass is 9.85. The first kappa shape index (κ1) is 15.1. The highest BCUT2D eigenvalue weighted by Crippen LogP contribution is 2.28. The van der Waals surface area contributed by atoms with Crippen LogP contribution in [-0.2, 0) is 0 Å². The highest BCUT2D eigenvalue weighted by atomic mass is 19.2. The van der Waals surface area contributed by atoms with Crippen molar-refractivity contribution in [1.82, 2.24) is 4.90 Å². The largest absolute Gasteiger partial charge is 0.292 e. The number of Topliss-reactive ketones (excluding diaryl/α,β-unsaturated/α-hetero) is 1. The van der Waals surface area contributed by atoms with E-state index in [-0.39, 0.29) is 11.3 Å². The predicted molar refractivity (Wildman–Crippen MR) is 74.8 cm³/mol. The molecule has 1 aromatic carbocycles. The van der Waals surface area contributed by atoms with Gasteiger partial charge in [-0.2, -0.15) is 0 Å². The fourth-order valence-electron chi connectivity index (χ4n) is 2.86. The Morgan fingerprint density at radius 2 is 1.85 bits per heavy atom. The molecule has 1 fully saturated rings. The van der Waals surface area contributed by atoms with Crippen molar-refractivity contribution in [2.45, 2.75) is 45.1 Å². The van der Waals surface area contributed by atoms with Crippen molar-refractivity contribution in [2.75, 3.05) is 13.1 Å². The maximum atomic E-state index is 13.3. The lowest BCUT2D eigenvalue weighted by Crippen LogP contribution is -2.53. The van der Waals surface area contributed by atoms with Gasteiger partial charge in [-0.1, -0.05) is 13.3 Å². The molecule has 1 unspecified atom stereocenters. The Hall–Kier alpha value is -1.29. The molecule has 0 aromatic heterocycles. The second-order valence-corrected chi connectivity index (χ2v) is 5.63. The van der Waals surface area contributed by atoms with E-state index in [0.29, 0.717) is 6.42 Å². The van der Waals surface area contributed by atoms with Crippen molar-refractivity contribution in [1.29, 1.82) is 0 Å². The monoisotopic (exact) mass is 281 g/mol. The number of rotatable bonds is 4. The van der Waals surface area contributed by atoms with Gasteiger partial charge in [-0.25, -0.2) is 8.78 Å². The summed E-state index contributed by atoms with van der Waals surface area (Å²) in [6.07, 6.45) is 4.02. The maximum Gasteiger partial charge on any atom is 0.182 e. The summed E-state index contributed by atoms with van der Waals surface area (Å²) >= 11 is 0. The Balaban J connectivity index is 2.29. The minimum absolute atomic E-state index is 0.124. The molecule has 1 aliphatic rings. The van der Waals surface area contributed by atoms with Crippen LogP contribution in [0, 0.1) is 11.6 Å². The number of carbonyl (C=O) groups is 1. The molecule has 0 amide bonds. The minimum atomic E-state index is -0.965. The number of hydrogen-bond acceptors (Lipinski definition) is 2. The fraction of sp³-hybridized carbons (Fsp3) is 0.562. The Kier molecular flexibility index (Phi) is 4.53. The second kappa shape index (κ2) is 6.00. The molecule has 1 aromatic rings. The van der Waals surface area contributed by atoms with E-state index in [1.165, 1.54) is 12.5 Å². The number of carbonyl (C=O) groups excluding carboxylic acids is 1. The molecule has 0 spiro atoms. The molecule has 0 aliphatic carbocycles. The van der Waals surface area contributed by atoms with Gasteiger partial charge in [-0.3, -0.25) is 9.69 Å². The average Bonchev–Trinajstić information content (AvgIpc) is 2.49. The van der Waals surface area contributed by atoms with Gasteiger partial charge in [0.2, 0.25) is 0 Å². The lowest BCUT2D eigenvalue weighted by molar-refractivity contribution is 0.0505. The molecule has 1 heterocycles. The maximum absolute atomic E-state index is 13.3.